The number of para-hydroxylation sites is 1. The Morgan fingerprint density at radius 1 is 1.19 bits per heavy atom. The molecule has 4 heteroatoms. The van der Waals surface area contributed by atoms with Crippen molar-refractivity contribution in [2.24, 2.45) is 10.9 Å². The Hall–Kier alpha value is -1.94. The summed E-state index contributed by atoms with van der Waals surface area (Å²) >= 11 is 0. The Morgan fingerprint density at radius 2 is 1.95 bits per heavy atom. The van der Waals surface area contributed by atoms with Gasteiger partial charge in [0.1, 0.15) is 11.5 Å². The first-order valence-electron chi connectivity index (χ1n) is 7.65. The fraction of sp³-hybridized carbons (Fsp3) is 0.412. The molecule has 1 aromatic heterocycles. The van der Waals surface area contributed by atoms with Gasteiger partial charge in [0, 0.05) is 23.4 Å². The first kappa shape index (κ1) is 12.8. The van der Waals surface area contributed by atoms with Crippen molar-refractivity contribution in [3.05, 3.63) is 29.8 Å². The van der Waals surface area contributed by atoms with E-state index in [4.69, 9.17) is 10.7 Å². The van der Waals surface area contributed by atoms with Crippen LogP contribution in [-0.4, -0.2) is 35.7 Å². The number of nitrogen functional groups attached to an aromatic ring is 1. The topological polar surface area (TPSA) is 54.5 Å². The smallest absolute Gasteiger partial charge is 0.150 e. The molecule has 0 aliphatic carbocycles. The van der Waals surface area contributed by atoms with Gasteiger partial charge >= 0.3 is 0 Å². The molecule has 0 amide bonds. The minimum Gasteiger partial charge on any atom is -0.382 e. The molecule has 4 rings (SSSR count). The Kier molecular flexibility index (Phi) is 2.93. The second kappa shape index (κ2) is 4.81. The fourth-order valence-electron chi connectivity index (χ4n) is 3.54. The number of nitrogens with zero attached hydrogens (tertiary/aromatic N) is 3. The maximum atomic E-state index is 6.13. The number of likely N-dealkylation sites (tertiary alicyclic amines) is 1. The lowest BCUT2D eigenvalue weighted by Crippen LogP contribution is -2.33. The standard InChI is InChI=1S/C17H20N4/c1-21-8-6-11(7-9-21)15-10-13-12-4-2-3-5-14(12)20-17(18)16(13)19-15/h2-5,11H,6-10H2,1H3,(H2,18,20). The molecule has 2 aliphatic rings. The molecule has 1 saturated heterocycles. The van der Waals surface area contributed by atoms with Gasteiger partial charge in [-0.25, -0.2) is 4.98 Å². The Bertz CT molecular complexity index is 727. The van der Waals surface area contributed by atoms with E-state index in [9.17, 15) is 0 Å². The average Bonchev–Trinajstić information content (AvgIpc) is 2.94. The van der Waals surface area contributed by atoms with E-state index in [-0.39, 0.29) is 0 Å². The lowest BCUT2D eigenvalue weighted by Gasteiger charge is -2.28. The van der Waals surface area contributed by atoms with Gasteiger partial charge in [-0.2, -0.15) is 0 Å². The number of hydrogen-bond donors (Lipinski definition) is 1. The maximum Gasteiger partial charge on any atom is 0.150 e. The number of fused-ring (bicyclic) bond motifs is 3. The van der Waals surface area contributed by atoms with E-state index >= 15 is 0 Å². The molecule has 4 nitrogen and oxygen atoms in total. The van der Waals surface area contributed by atoms with Crippen LogP contribution in [-0.2, 0) is 6.42 Å². The molecule has 21 heavy (non-hydrogen) atoms. The third-order valence-corrected chi connectivity index (χ3v) is 4.80. The lowest BCUT2D eigenvalue weighted by atomic mass is 9.89. The summed E-state index contributed by atoms with van der Waals surface area (Å²) in [4.78, 5) is 11.8. The first-order chi connectivity index (χ1) is 10.2. The van der Waals surface area contributed by atoms with Gasteiger partial charge in [-0.15, -0.1) is 0 Å². The predicted octanol–water partition coefficient (Wildman–Crippen LogP) is 2.79. The Morgan fingerprint density at radius 3 is 2.76 bits per heavy atom. The van der Waals surface area contributed by atoms with Crippen LogP contribution in [0.5, 0.6) is 0 Å². The Balaban J connectivity index is 1.72. The van der Waals surface area contributed by atoms with Crippen molar-refractivity contribution >= 4 is 28.1 Å². The molecule has 108 valence electrons. The zero-order chi connectivity index (χ0) is 14.4. The largest absolute Gasteiger partial charge is 0.382 e. The van der Waals surface area contributed by atoms with Crippen molar-refractivity contribution in [3.63, 3.8) is 0 Å². The second-order valence-electron chi connectivity index (χ2n) is 6.20. The molecule has 0 atom stereocenters. The van der Waals surface area contributed by atoms with E-state index in [1.54, 1.807) is 0 Å². The van der Waals surface area contributed by atoms with Crippen molar-refractivity contribution in [1.29, 1.82) is 0 Å². The van der Waals surface area contributed by atoms with Crippen molar-refractivity contribution < 1.29 is 0 Å². The molecule has 0 unspecified atom stereocenters. The molecular formula is C17H20N4. The molecule has 0 saturated carbocycles. The summed E-state index contributed by atoms with van der Waals surface area (Å²) in [5, 5.41) is 1.20. The highest BCUT2D eigenvalue weighted by Crippen LogP contribution is 2.39. The molecule has 1 aromatic carbocycles. The molecule has 2 aromatic rings. The highest BCUT2D eigenvalue weighted by atomic mass is 15.1. The van der Waals surface area contributed by atoms with Gasteiger partial charge in [-0.3, -0.25) is 4.99 Å². The third-order valence-electron chi connectivity index (χ3n) is 4.80. The normalized spacial score (nSPS) is 19.8. The molecule has 0 radical (unpaired) electrons. The molecular weight excluding hydrogens is 260 g/mol. The number of nitrogens with two attached hydrogens (primary N) is 1. The van der Waals surface area contributed by atoms with Crippen LogP contribution >= 0.6 is 0 Å². The molecule has 0 spiro atoms. The zero-order valence-corrected chi connectivity index (χ0v) is 12.3. The summed E-state index contributed by atoms with van der Waals surface area (Å²) < 4.78 is 0. The number of pyridine rings is 1. The van der Waals surface area contributed by atoms with Gasteiger partial charge in [0.25, 0.3) is 0 Å². The summed E-state index contributed by atoms with van der Waals surface area (Å²) in [5.74, 6) is 1.18. The highest BCUT2D eigenvalue weighted by Gasteiger charge is 2.28. The maximum absolute atomic E-state index is 6.13. The van der Waals surface area contributed by atoms with Crippen LogP contribution in [0.3, 0.4) is 0 Å². The Labute approximate surface area is 124 Å². The van der Waals surface area contributed by atoms with Crippen LogP contribution in [0.1, 0.15) is 18.4 Å². The highest BCUT2D eigenvalue weighted by molar-refractivity contribution is 6.03. The predicted molar refractivity (Wildman–Crippen MR) is 87.2 cm³/mol. The van der Waals surface area contributed by atoms with Crippen molar-refractivity contribution in [1.82, 2.24) is 9.88 Å². The fourth-order valence-corrected chi connectivity index (χ4v) is 3.54. The van der Waals surface area contributed by atoms with Crippen molar-refractivity contribution in [2.45, 2.75) is 19.3 Å². The van der Waals surface area contributed by atoms with Crippen LogP contribution in [0.4, 0.5) is 11.5 Å². The second-order valence-corrected chi connectivity index (χ2v) is 6.20. The van der Waals surface area contributed by atoms with Gasteiger partial charge in [-0.1, -0.05) is 18.2 Å². The molecule has 0 bridgehead atoms. The summed E-state index contributed by atoms with van der Waals surface area (Å²) in [7, 11) is 2.19. The van der Waals surface area contributed by atoms with Crippen LogP contribution in [0.15, 0.2) is 29.3 Å². The SMILES string of the molecule is CN1CCC(C2=Nc3c(N)nc4ccccc4c3C2)CC1. The van der Waals surface area contributed by atoms with Crippen LogP contribution < -0.4 is 5.73 Å². The first-order valence-corrected chi connectivity index (χ1v) is 7.65. The van der Waals surface area contributed by atoms with Gasteiger partial charge in [0.05, 0.1) is 5.52 Å². The number of anilines is 1. The minimum absolute atomic E-state index is 0.576. The van der Waals surface area contributed by atoms with Crippen molar-refractivity contribution in [3.8, 4) is 0 Å². The third kappa shape index (κ3) is 2.10. The number of benzene rings is 1. The van der Waals surface area contributed by atoms with E-state index < -0.39 is 0 Å². The summed E-state index contributed by atoms with van der Waals surface area (Å²) in [5.41, 5.74) is 10.6. The average molecular weight is 280 g/mol. The number of rotatable bonds is 1. The molecule has 1 fully saturated rings. The van der Waals surface area contributed by atoms with Crippen molar-refractivity contribution in [2.75, 3.05) is 25.9 Å². The number of piperidine rings is 1. The zero-order valence-electron chi connectivity index (χ0n) is 12.3. The molecule has 2 aliphatic heterocycles. The van der Waals surface area contributed by atoms with Gasteiger partial charge in [0.2, 0.25) is 0 Å². The van der Waals surface area contributed by atoms with E-state index in [0.717, 1.165) is 30.7 Å². The summed E-state index contributed by atoms with van der Waals surface area (Å²) in [6, 6.07) is 8.23. The summed E-state index contributed by atoms with van der Waals surface area (Å²) in [6.07, 6.45) is 3.35. The van der Waals surface area contributed by atoms with E-state index in [2.05, 4.69) is 29.1 Å². The number of aliphatic imine (C=N–C) groups is 1. The van der Waals surface area contributed by atoms with E-state index in [1.807, 2.05) is 12.1 Å². The number of hydrogen-bond acceptors (Lipinski definition) is 4. The monoisotopic (exact) mass is 280 g/mol. The van der Waals surface area contributed by atoms with Crippen LogP contribution in [0, 0.1) is 5.92 Å². The van der Waals surface area contributed by atoms with Gasteiger partial charge in [0.15, 0.2) is 0 Å². The van der Waals surface area contributed by atoms with Crippen LogP contribution in [0.25, 0.3) is 10.9 Å². The minimum atomic E-state index is 0.576. The van der Waals surface area contributed by atoms with Gasteiger partial charge < -0.3 is 10.6 Å². The van der Waals surface area contributed by atoms with Crippen LogP contribution in [0.2, 0.25) is 0 Å². The van der Waals surface area contributed by atoms with Gasteiger partial charge in [-0.05, 0) is 44.6 Å². The van der Waals surface area contributed by atoms with E-state index in [1.165, 1.54) is 29.5 Å². The molecule has 3 heterocycles. The summed E-state index contributed by atoms with van der Waals surface area (Å²) in [6.45, 7) is 2.32. The quantitative estimate of drug-likeness (QED) is 0.874. The molecule has 2 N–H and O–H groups in total. The van der Waals surface area contributed by atoms with E-state index in [0.29, 0.717) is 11.7 Å². The number of aromatic nitrogens is 1. The lowest BCUT2D eigenvalue weighted by molar-refractivity contribution is 0.251.